The zero-order valence-electron chi connectivity index (χ0n) is 11.4. The molecule has 0 unspecified atom stereocenters. The molecule has 0 fully saturated rings. The largest absolute Gasteiger partial charge is 0.373 e. The topological polar surface area (TPSA) is 37.8 Å². The molecule has 0 saturated heterocycles. The molecule has 0 bridgehead atoms. The van der Waals surface area contributed by atoms with Gasteiger partial charge in [-0.2, -0.15) is 0 Å². The summed E-state index contributed by atoms with van der Waals surface area (Å²) < 4.78 is 0. The molecule has 1 aromatic carbocycles. The van der Waals surface area contributed by atoms with E-state index in [2.05, 4.69) is 29.1 Å². The molecule has 1 N–H and O–H groups in total. The second-order valence-corrected chi connectivity index (χ2v) is 5.36. The van der Waals surface area contributed by atoms with Gasteiger partial charge in [0.05, 0.1) is 0 Å². The van der Waals surface area contributed by atoms with E-state index in [-0.39, 0.29) is 0 Å². The number of benzene rings is 1. The van der Waals surface area contributed by atoms with E-state index in [0.29, 0.717) is 5.92 Å². The standard InChI is InChI=1S/C15H18ClN3/c1-10(2)8-13-9-14(17-3)19-15(18-13)11-4-6-12(16)7-5-11/h4-7,9-10H,8H2,1-3H3,(H,17,18,19). The lowest BCUT2D eigenvalue weighted by atomic mass is 10.1. The highest BCUT2D eigenvalue weighted by molar-refractivity contribution is 6.30. The van der Waals surface area contributed by atoms with Crippen molar-refractivity contribution in [2.75, 3.05) is 12.4 Å². The van der Waals surface area contributed by atoms with Crippen molar-refractivity contribution in [3.63, 3.8) is 0 Å². The lowest BCUT2D eigenvalue weighted by molar-refractivity contribution is 0.635. The minimum Gasteiger partial charge on any atom is -0.373 e. The van der Waals surface area contributed by atoms with Crippen LogP contribution in [0.15, 0.2) is 30.3 Å². The van der Waals surface area contributed by atoms with Gasteiger partial charge in [0, 0.05) is 29.4 Å². The SMILES string of the molecule is CNc1cc(CC(C)C)nc(-c2ccc(Cl)cc2)n1. The van der Waals surface area contributed by atoms with Gasteiger partial charge in [0.25, 0.3) is 0 Å². The van der Waals surface area contributed by atoms with Crippen LogP contribution >= 0.6 is 11.6 Å². The summed E-state index contributed by atoms with van der Waals surface area (Å²) in [7, 11) is 1.87. The third-order valence-electron chi connectivity index (χ3n) is 2.76. The number of hydrogen-bond donors (Lipinski definition) is 1. The van der Waals surface area contributed by atoms with E-state index in [4.69, 9.17) is 11.6 Å². The molecule has 3 nitrogen and oxygen atoms in total. The number of halogens is 1. The Hall–Kier alpha value is -1.61. The van der Waals surface area contributed by atoms with E-state index in [1.165, 1.54) is 0 Å². The summed E-state index contributed by atoms with van der Waals surface area (Å²) >= 11 is 5.90. The van der Waals surface area contributed by atoms with Crippen molar-refractivity contribution in [1.29, 1.82) is 0 Å². The normalized spacial score (nSPS) is 10.8. The molecule has 4 heteroatoms. The first kappa shape index (κ1) is 13.8. The van der Waals surface area contributed by atoms with Crippen LogP contribution in [0.5, 0.6) is 0 Å². The van der Waals surface area contributed by atoms with Gasteiger partial charge in [-0.15, -0.1) is 0 Å². The van der Waals surface area contributed by atoms with E-state index in [1.54, 1.807) is 0 Å². The molecule has 2 rings (SSSR count). The third kappa shape index (κ3) is 3.67. The zero-order valence-corrected chi connectivity index (χ0v) is 12.2. The van der Waals surface area contributed by atoms with Gasteiger partial charge in [-0.05, 0) is 36.6 Å². The first-order chi connectivity index (χ1) is 9.08. The van der Waals surface area contributed by atoms with Crippen LogP contribution in [0.1, 0.15) is 19.5 Å². The molecule has 0 radical (unpaired) electrons. The second kappa shape index (κ2) is 6.02. The van der Waals surface area contributed by atoms with Gasteiger partial charge in [-0.3, -0.25) is 0 Å². The predicted octanol–water partition coefficient (Wildman–Crippen LogP) is 4.04. The van der Waals surface area contributed by atoms with Gasteiger partial charge in [0.2, 0.25) is 0 Å². The molecule has 19 heavy (non-hydrogen) atoms. The smallest absolute Gasteiger partial charge is 0.161 e. The van der Waals surface area contributed by atoms with Gasteiger partial charge in [-0.1, -0.05) is 25.4 Å². The monoisotopic (exact) mass is 275 g/mol. The first-order valence-corrected chi connectivity index (χ1v) is 6.78. The van der Waals surface area contributed by atoms with E-state index in [1.807, 2.05) is 37.4 Å². The van der Waals surface area contributed by atoms with E-state index in [0.717, 1.165) is 34.3 Å². The molecule has 0 saturated carbocycles. The van der Waals surface area contributed by atoms with Crippen molar-refractivity contribution >= 4 is 17.4 Å². The average Bonchev–Trinajstić information content (AvgIpc) is 2.38. The number of aromatic nitrogens is 2. The van der Waals surface area contributed by atoms with Crippen LogP contribution in [0.25, 0.3) is 11.4 Å². The highest BCUT2D eigenvalue weighted by Crippen LogP contribution is 2.21. The van der Waals surface area contributed by atoms with Crippen molar-refractivity contribution in [2.24, 2.45) is 5.92 Å². The molecular weight excluding hydrogens is 258 g/mol. The number of anilines is 1. The maximum absolute atomic E-state index is 5.90. The summed E-state index contributed by atoms with van der Waals surface area (Å²) in [6.07, 6.45) is 0.942. The number of nitrogens with zero attached hydrogens (tertiary/aromatic N) is 2. The molecule has 0 aliphatic carbocycles. The Morgan fingerprint density at radius 1 is 1.16 bits per heavy atom. The Balaban J connectivity index is 2.41. The molecular formula is C15H18ClN3. The quantitative estimate of drug-likeness (QED) is 0.915. The van der Waals surface area contributed by atoms with Gasteiger partial charge < -0.3 is 5.32 Å². The Morgan fingerprint density at radius 2 is 1.84 bits per heavy atom. The summed E-state index contributed by atoms with van der Waals surface area (Å²) in [4.78, 5) is 9.12. The maximum atomic E-state index is 5.90. The Kier molecular flexibility index (Phi) is 4.38. The van der Waals surface area contributed by atoms with E-state index >= 15 is 0 Å². The van der Waals surface area contributed by atoms with Crippen molar-refractivity contribution in [1.82, 2.24) is 9.97 Å². The average molecular weight is 276 g/mol. The molecule has 0 atom stereocenters. The van der Waals surface area contributed by atoms with Gasteiger partial charge in [0.15, 0.2) is 5.82 Å². The van der Waals surface area contributed by atoms with Gasteiger partial charge >= 0.3 is 0 Å². The Morgan fingerprint density at radius 3 is 2.42 bits per heavy atom. The minimum absolute atomic E-state index is 0.567. The summed E-state index contributed by atoms with van der Waals surface area (Å²) in [6, 6.07) is 9.59. The fourth-order valence-corrected chi connectivity index (χ4v) is 2.00. The zero-order chi connectivity index (χ0) is 13.8. The summed E-state index contributed by atoms with van der Waals surface area (Å²) in [5, 5.41) is 3.80. The van der Waals surface area contributed by atoms with E-state index < -0.39 is 0 Å². The molecule has 0 amide bonds. The lowest BCUT2D eigenvalue weighted by Gasteiger charge is -2.09. The minimum atomic E-state index is 0.567. The number of rotatable bonds is 4. The second-order valence-electron chi connectivity index (χ2n) is 4.92. The lowest BCUT2D eigenvalue weighted by Crippen LogP contribution is -2.03. The molecule has 1 aromatic heterocycles. The molecule has 2 aromatic rings. The Labute approximate surface area is 119 Å². The molecule has 0 spiro atoms. The van der Waals surface area contributed by atoms with Crippen molar-refractivity contribution in [3.8, 4) is 11.4 Å². The summed E-state index contributed by atoms with van der Waals surface area (Å²) in [5.74, 6) is 2.15. The fraction of sp³-hybridized carbons (Fsp3) is 0.333. The fourth-order valence-electron chi connectivity index (χ4n) is 1.88. The van der Waals surface area contributed by atoms with Crippen LogP contribution in [0.4, 0.5) is 5.82 Å². The van der Waals surface area contributed by atoms with Crippen molar-refractivity contribution in [3.05, 3.63) is 41.0 Å². The summed E-state index contributed by atoms with van der Waals surface area (Å²) in [5.41, 5.74) is 2.03. The van der Waals surface area contributed by atoms with Crippen LogP contribution in [-0.2, 0) is 6.42 Å². The number of hydrogen-bond acceptors (Lipinski definition) is 3. The Bertz CT molecular complexity index is 550. The predicted molar refractivity (Wildman–Crippen MR) is 80.6 cm³/mol. The highest BCUT2D eigenvalue weighted by atomic mass is 35.5. The number of nitrogens with one attached hydrogen (secondary N) is 1. The van der Waals surface area contributed by atoms with Crippen molar-refractivity contribution in [2.45, 2.75) is 20.3 Å². The van der Waals surface area contributed by atoms with Gasteiger partial charge in [0.1, 0.15) is 5.82 Å². The summed E-state index contributed by atoms with van der Waals surface area (Å²) in [6.45, 7) is 4.37. The van der Waals surface area contributed by atoms with Crippen LogP contribution in [0.3, 0.4) is 0 Å². The van der Waals surface area contributed by atoms with E-state index in [9.17, 15) is 0 Å². The third-order valence-corrected chi connectivity index (χ3v) is 3.01. The van der Waals surface area contributed by atoms with Crippen LogP contribution in [-0.4, -0.2) is 17.0 Å². The maximum Gasteiger partial charge on any atom is 0.161 e. The van der Waals surface area contributed by atoms with Crippen LogP contribution in [0.2, 0.25) is 5.02 Å². The molecule has 100 valence electrons. The molecule has 1 heterocycles. The molecule has 0 aliphatic heterocycles. The van der Waals surface area contributed by atoms with Crippen LogP contribution in [0, 0.1) is 5.92 Å². The van der Waals surface area contributed by atoms with Crippen molar-refractivity contribution < 1.29 is 0 Å². The highest BCUT2D eigenvalue weighted by Gasteiger charge is 2.07. The molecule has 0 aliphatic rings. The van der Waals surface area contributed by atoms with Crippen LogP contribution < -0.4 is 5.32 Å². The first-order valence-electron chi connectivity index (χ1n) is 6.40. The van der Waals surface area contributed by atoms with Gasteiger partial charge in [-0.25, -0.2) is 9.97 Å².